The van der Waals surface area contributed by atoms with Gasteiger partial charge in [0.1, 0.15) is 0 Å². The van der Waals surface area contributed by atoms with E-state index >= 15 is 0 Å². The van der Waals surface area contributed by atoms with Gasteiger partial charge >= 0.3 is 11.5 Å². The molecule has 0 saturated heterocycles. The summed E-state index contributed by atoms with van der Waals surface area (Å²) in [4.78, 5) is 12.8. The first-order valence-electron chi connectivity index (χ1n) is 8.33. The fourth-order valence-corrected chi connectivity index (χ4v) is 3.54. The quantitative estimate of drug-likeness (QED) is 0.359. The number of fused-ring (bicyclic) bond motifs is 2. The van der Waals surface area contributed by atoms with Gasteiger partial charge in [0, 0.05) is 16.5 Å². The highest BCUT2D eigenvalue weighted by Gasteiger charge is 2.34. The number of hydrogen-bond acceptors (Lipinski definition) is 1. The van der Waals surface area contributed by atoms with Crippen LogP contribution in [-0.2, 0) is 0 Å². The first kappa shape index (κ1) is 14.1. The first-order valence-corrected chi connectivity index (χ1v) is 8.33. The van der Waals surface area contributed by atoms with Crippen molar-refractivity contribution < 1.29 is 9.21 Å². The van der Waals surface area contributed by atoms with E-state index in [4.69, 9.17) is 4.42 Å². The van der Waals surface area contributed by atoms with E-state index < -0.39 is 0 Å². The van der Waals surface area contributed by atoms with E-state index in [0.29, 0.717) is 11.1 Å². The minimum atomic E-state index is 0.0620. The molecule has 0 atom stereocenters. The number of hydrogen-bond donors (Lipinski definition) is 0. The molecule has 0 radical (unpaired) electrons. The molecule has 0 saturated carbocycles. The predicted molar refractivity (Wildman–Crippen MR) is 99.7 cm³/mol. The van der Waals surface area contributed by atoms with Gasteiger partial charge in [0.2, 0.25) is 0 Å². The van der Waals surface area contributed by atoms with Gasteiger partial charge in [0.05, 0.1) is 22.6 Å². The number of ketones is 1. The van der Waals surface area contributed by atoms with Crippen molar-refractivity contribution in [3.8, 4) is 22.6 Å². The summed E-state index contributed by atoms with van der Waals surface area (Å²) in [6, 6.07) is 23.8. The van der Waals surface area contributed by atoms with Crippen LogP contribution in [0.25, 0.3) is 33.4 Å². The SMILES string of the molecule is Cc1ccc(-c2cc3cccc4c3c([o+]2)-c2ccccc2C4=O)cc1. The third-order valence-electron chi connectivity index (χ3n) is 4.82. The molecule has 0 aliphatic heterocycles. The second kappa shape index (κ2) is 5.12. The van der Waals surface area contributed by atoms with Crippen LogP contribution in [0.3, 0.4) is 0 Å². The van der Waals surface area contributed by atoms with Crippen molar-refractivity contribution in [2.24, 2.45) is 0 Å². The Hall–Kier alpha value is -3.26. The highest BCUT2D eigenvalue weighted by molar-refractivity contribution is 6.25. The standard InChI is InChI=1S/C23H15O2/c1-14-9-11-15(12-10-14)20-13-16-5-4-8-19-21(16)23(25-20)18-7-3-2-6-17(18)22(19)24/h2-13H,1H3/q+1. The van der Waals surface area contributed by atoms with E-state index in [2.05, 4.69) is 31.2 Å². The molecular weight excluding hydrogens is 308 g/mol. The van der Waals surface area contributed by atoms with Crippen LogP contribution in [0.1, 0.15) is 21.5 Å². The maximum absolute atomic E-state index is 12.8. The lowest BCUT2D eigenvalue weighted by atomic mass is 9.86. The van der Waals surface area contributed by atoms with Crippen molar-refractivity contribution in [2.75, 3.05) is 0 Å². The number of carbonyl (C=O) groups excluding carboxylic acids is 1. The van der Waals surface area contributed by atoms with Crippen LogP contribution in [-0.4, -0.2) is 5.78 Å². The van der Waals surface area contributed by atoms with Gasteiger partial charge in [-0.3, -0.25) is 4.79 Å². The van der Waals surface area contributed by atoms with Crippen LogP contribution >= 0.6 is 0 Å². The Balaban J connectivity index is 1.88. The molecule has 0 fully saturated rings. The number of benzene rings is 3. The van der Waals surface area contributed by atoms with Gasteiger partial charge in [0.15, 0.2) is 5.78 Å². The second-order valence-electron chi connectivity index (χ2n) is 6.45. The van der Waals surface area contributed by atoms with Gasteiger partial charge in [-0.25, -0.2) is 4.42 Å². The number of rotatable bonds is 1. The zero-order valence-electron chi connectivity index (χ0n) is 13.7. The van der Waals surface area contributed by atoms with Crippen molar-refractivity contribution in [2.45, 2.75) is 6.92 Å². The molecule has 1 aliphatic rings. The van der Waals surface area contributed by atoms with E-state index in [1.165, 1.54) is 5.56 Å². The third-order valence-corrected chi connectivity index (χ3v) is 4.82. The molecule has 2 nitrogen and oxygen atoms in total. The highest BCUT2D eigenvalue weighted by Crippen LogP contribution is 2.41. The molecule has 0 amide bonds. The highest BCUT2D eigenvalue weighted by atomic mass is 16.3. The Morgan fingerprint density at radius 2 is 1.48 bits per heavy atom. The molecule has 118 valence electrons. The van der Waals surface area contributed by atoms with Crippen molar-refractivity contribution in [1.29, 1.82) is 0 Å². The third kappa shape index (κ3) is 2.04. The summed E-state index contributed by atoms with van der Waals surface area (Å²) < 4.78 is 6.32. The van der Waals surface area contributed by atoms with Crippen LogP contribution in [0.5, 0.6) is 0 Å². The number of carbonyl (C=O) groups is 1. The van der Waals surface area contributed by atoms with Crippen LogP contribution in [0.15, 0.2) is 77.2 Å². The summed E-state index contributed by atoms with van der Waals surface area (Å²) in [5, 5.41) is 1.93. The van der Waals surface area contributed by atoms with Crippen LogP contribution in [0, 0.1) is 6.92 Å². The largest absolute Gasteiger partial charge is 0.370 e. The van der Waals surface area contributed by atoms with Crippen LogP contribution < -0.4 is 0 Å². The van der Waals surface area contributed by atoms with Crippen molar-refractivity contribution >= 4 is 16.6 Å². The van der Waals surface area contributed by atoms with Gasteiger partial charge in [-0.1, -0.05) is 54.1 Å². The Kier molecular flexibility index (Phi) is 2.89. The van der Waals surface area contributed by atoms with E-state index in [-0.39, 0.29) is 5.78 Å². The second-order valence-corrected chi connectivity index (χ2v) is 6.45. The minimum Gasteiger partial charge on any atom is -0.289 e. The summed E-state index contributed by atoms with van der Waals surface area (Å²) in [5.74, 6) is 1.65. The average molecular weight is 323 g/mol. The number of aryl methyl sites for hydroxylation is 1. The normalized spacial score (nSPS) is 12.3. The molecule has 4 aromatic rings. The lowest BCUT2D eigenvalue weighted by Crippen LogP contribution is -2.09. The molecule has 0 bridgehead atoms. The summed E-state index contributed by atoms with van der Waals surface area (Å²) in [6.07, 6.45) is 0. The van der Waals surface area contributed by atoms with Gasteiger partial charge in [-0.15, -0.1) is 0 Å². The van der Waals surface area contributed by atoms with E-state index in [9.17, 15) is 4.79 Å². The monoisotopic (exact) mass is 323 g/mol. The minimum absolute atomic E-state index is 0.0620. The Morgan fingerprint density at radius 3 is 2.28 bits per heavy atom. The fourth-order valence-electron chi connectivity index (χ4n) is 3.54. The maximum atomic E-state index is 12.8. The van der Waals surface area contributed by atoms with Gasteiger partial charge in [-0.2, -0.15) is 0 Å². The molecule has 0 unspecified atom stereocenters. The zero-order valence-corrected chi connectivity index (χ0v) is 13.7. The molecule has 25 heavy (non-hydrogen) atoms. The molecule has 0 spiro atoms. The zero-order chi connectivity index (χ0) is 17.0. The molecule has 2 heteroatoms. The van der Waals surface area contributed by atoms with Crippen molar-refractivity contribution in [3.05, 3.63) is 89.5 Å². The van der Waals surface area contributed by atoms with Crippen molar-refractivity contribution in [3.63, 3.8) is 0 Å². The van der Waals surface area contributed by atoms with Crippen LogP contribution in [0.2, 0.25) is 0 Å². The molecule has 1 heterocycles. The summed E-state index contributed by atoms with van der Waals surface area (Å²) >= 11 is 0. The average Bonchev–Trinajstić information content (AvgIpc) is 2.66. The molecule has 1 aromatic heterocycles. The lowest BCUT2D eigenvalue weighted by Gasteiger charge is -2.13. The van der Waals surface area contributed by atoms with Crippen molar-refractivity contribution in [1.82, 2.24) is 0 Å². The Morgan fingerprint density at radius 1 is 0.760 bits per heavy atom. The summed E-state index contributed by atoms with van der Waals surface area (Å²) in [5.41, 5.74) is 4.52. The molecule has 0 N–H and O–H groups in total. The molecule has 1 aliphatic carbocycles. The summed E-state index contributed by atoms with van der Waals surface area (Å²) in [6.45, 7) is 2.07. The predicted octanol–water partition coefficient (Wildman–Crippen LogP) is 5.90. The summed E-state index contributed by atoms with van der Waals surface area (Å²) in [7, 11) is 0. The van der Waals surface area contributed by atoms with E-state index in [1.54, 1.807) is 0 Å². The maximum Gasteiger partial charge on any atom is 0.370 e. The lowest BCUT2D eigenvalue weighted by molar-refractivity contribution is 0.103. The van der Waals surface area contributed by atoms with E-state index in [1.807, 2.05) is 48.5 Å². The molecule has 3 aromatic carbocycles. The molecular formula is C23H15O2+. The first-order chi connectivity index (χ1) is 12.2. The molecule has 5 rings (SSSR count). The topological polar surface area (TPSA) is 28.4 Å². The fraction of sp³-hybridized carbons (Fsp3) is 0.0435. The van der Waals surface area contributed by atoms with Gasteiger partial charge in [0.25, 0.3) is 0 Å². The Bertz CT molecular complexity index is 1150. The smallest absolute Gasteiger partial charge is 0.289 e. The van der Waals surface area contributed by atoms with Gasteiger partial charge in [-0.05, 0) is 25.1 Å². The van der Waals surface area contributed by atoms with E-state index in [0.717, 1.165) is 33.4 Å². The Labute approximate surface area is 145 Å². The van der Waals surface area contributed by atoms with Crippen LogP contribution in [0.4, 0.5) is 0 Å². The van der Waals surface area contributed by atoms with Gasteiger partial charge < -0.3 is 0 Å².